The number of amides is 1. The van der Waals surface area contributed by atoms with E-state index >= 15 is 0 Å². The fraction of sp³-hybridized carbons (Fsp3) is 0.312. The molecule has 2 aromatic rings. The van der Waals surface area contributed by atoms with E-state index in [1.165, 1.54) is 0 Å². The average molecular weight is 365 g/mol. The number of carbonyl (C=O) groups is 1. The summed E-state index contributed by atoms with van der Waals surface area (Å²) >= 11 is 1.15. The summed E-state index contributed by atoms with van der Waals surface area (Å²) in [5, 5.41) is 1.71. The predicted octanol–water partition coefficient (Wildman–Crippen LogP) is 1.93. The van der Waals surface area contributed by atoms with Crippen molar-refractivity contribution < 1.29 is 13.2 Å². The summed E-state index contributed by atoms with van der Waals surface area (Å²) in [5.74, 6) is -0.0785. The Morgan fingerprint density at radius 3 is 2.62 bits per heavy atom. The molecular weight excluding hydrogens is 346 g/mol. The minimum Gasteiger partial charge on any atom is -0.335 e. The lowest BCUT2D eigenvalue weighted by molar-refractivity contribution is 0.0399. The highest BCUT2D eigenvalue weighted by Gasteiger charge is 2.32. The first-order valence-corrected chi connectivity index (χ1v) is 9.85. The van der Waals surface area contributed by atoms with Gasteiger partial charge < -0.3 is 9.80 Å². The van der Waals surface area contributed by atoms with Crippen LogP contribution in [0.15, 0.2) is 46.0 Å². The van der Waals surface area contributed by atoms with E-state index in [4.69, 9.17) is 0 Å². The molecule has 0 atom stereocenters. The molecule has 3 rings (SSSR count). The highest BCUT2D eigenvalue weighted by molar-refractivity contribution is 7.94. The van der Waals surface area contributed by atoms with E-state index in [9.17, 15) is 13.2 Å². The van der Waals surface area contributed by atoms with Gasteiger partial charge in [-0.1, -0.05) is 12.1 Å². The fourth-order valence-electron chi connectivity index (χ4n) is 2.47. The molecule has 0 saturated carbocycles. The van der Waals surface area contributed by atoms with Gasteiger partial charge in [-0.25, -0.2) is 8.42 Å². The molecule has 1 aromatic heterocycles. The molecule has 0 spiro atoms. The summed E-state index contributed by atoms with van der Waals surface area (Å²) in [5.41, 5.74) is 0.873. The number of carbonyl (C=O) groups excluding carboxylic acids is 1. The number of anilines is 1. The molecule has 1 fully saturated rings. The zero-order chi connectivity index (χ0) is 17.3. The minimum atomic E-state index is -3.61. The zero-order valence-electron chi connectivity index (χ0n) is 13.5. The minimum absolute atomic E-state index is 0.0785. The Morgan fingerprint density at radius 1 is 1.25 bits per heavy atom. The van der Waals surface area contributed by atoms with Crippen molar-refractivity contribution in [2.45, 2.75) is 10.3 Å². The third-order valence-electron chi connectivity index (χ3n) is 4.00. The van der Waals surface area contributed by atoms with Gasteiger partial charge in [0.25, 0.3) is 15.9 Å². The van der Waals surface area contributed by atoms with Crippen LogP contribution in [-0.2, 0) is 10.0 Å². The van der Waals surface area contributed by atoms with Crippen molar-refractivity contribution >= 4 is 33.0 Å². The fourth-order valence-corrected chi connectivity index (χ4v) is 4.51. The van der Waals surface area contributed by atoms with Crippen molar-refractivity contribution in [1.29, 1.82) is 0 Å². The van der Waals surface area contributed by atoms with Gasteiger partial charge in [0.1, 0.15) is 4.21 Å². The van der Waals surface area contributed by atoms with E-state index in [0.717, 1.165) is 11.3 Å². The maximum absolute atomic E-state index is 12.5. The van der Waals surface area contributed by atoms with Crippen LogP contribution in [0.4, 0.5) is 5.69 Å². The summed E-state index contributed by atoms with van der Waals surface area (Å²) in [6.45, 7) is 1.38. The van der Waals surface area contributed by atoms with E-state index < -0.39 is 10.0 Å². The molecular formula is C16H19N3O3S2. The Labute approximate surface area is 145 Å². The Morgan fingerprint density at radius 2 is 2.00 bits per heavy atom. The quantitative estimate of drug-likeness (QED) is 0.879. The molecule has 6 nitrogen and oxygen atoms in total. The van der Waals surface area contributed by atoms with E-state index in [1.54, 1.807) is 46.7 Å². The number of thiophene rings is 1. The Hall–Kier alpha value is -1.90. The third-order valence-corrected chi connectivity index (χ3v) is 6.78. The molecule has 128 valence electrons. The number of hydrogen-bond donors (Lipinski definition) is 1. The molecule has 24 heavy (non-hydrogen) atoms. The van der Waals surface area contributed by atoms with Gasteiger partial charge in [0.2, 0.25) is 0 Å². The predicted molar refractivity (Wildman–Crippen MR) is 94.9 cm³/mol. The summed E-state index contributed by atoms with van der Waals surface area (Å²) < 4.78 is 27.3. The van der Waals surface area contributed by atoms with Crippen LogP contribution in [-0.4, -0.2) is 57.4 Å². The van der Waals surface area contributed by atoms with Crippen molar-refractivity contribution in [1.82, 2.24) is 9.80 Å². The maximum atomic E-state index is 12.5. The summed E-state index contributed by atoms with van der Waals surface area (Å²) in [6.07, 6.45) is 0. The van der Waals surface area contributed by atoms with E-state index in [1.807, 2.05) is 14.1 Å². The molecule has 1 amide bonds. The first-order valence-electron chi connectivity index (χ1n) is 7.49. The molecule has 0 bridgehead atoms. The number of sulfonamides is 1. The molecule has 1 N–H and O–H groups in total. The number of hydrogen-bond acceptors (Lipinski definition) is 5. The van der Waals surface area contributed by atoms with Gasteiger partial charge in [-0.15, -0.1) is 11.3 Å². The largest absolute Gasteiger partial charge is 0.335 e. The van der Waals surface area contributed by atoms with Crippen LogP contribution >= 0.6 is 11.3 Å². The van der Waals surface area contributed by atoms with Crippen molar-refractivity contribution in [2.75, 3.05) is 31.9 Å². The molecule has 2 heterocycles. The van der Waals surface area contributed by atoms with Crippen LogP contribution in [0, 0.1) is 0 Å². The standard InChI is InChI=1S/C16H19N3O3S2/c1-18(2)14-10-19(11-14)16(20)12-5-3-6-13(9-12)17-24(21,22)15-7-4-8-23-15/h3-9,14,17H,10-11H2,1-2H3. The van der Waals surface area contributed by atoms with Crippen LogP contribution in [0.3, 0.4) is 0 Å². The van der Waals surface area contributed by atoms with Gasteiger partial charge in [-0.05, 0) is 43.7 Å². The number of nitrogens with zero attached hydrogens (tertiary/aromatic N) is 2. The van der Waals surface area contributed by atoms with Crippen molar-refractivity contribution in [2.24, 2.45) is 0 Å². The molecule has 0 aliphatic carbocycles. The van der Waals surface area contributed by atoms with Crippen molar-refractivity contribution in [3.05, 3.63) is 47.3 Å². The van der Waals surface area contributed by atoms with Crippen molar-refractivity contribution in [3.8, 4) is 0 Å². The van der Waals surface area contributed by atoms with Crippen LogP contribution in [0.2, 0.25) is 0 Å². The molecule has 1 saturated heterocycles. The number of rotatable bonds is 5. The van der Waals surface area contributed by atoms with Gasteiger partial charge in [0.15, 0.2) is 0 Å². The Bertz CT molecular complexity index is 826. The van der Waals surface area contributed by atoms with Gasteiger partial charge >= 0.3 is 0 Å². The van der Waals surface area contributed by atoms with Crippen LogP contribution in [0.25, 0.3) is 0 Å². The van der Waals surface area contributed by atoms with Gasteiger partial charge in [0.05, 0.1) is 0 Å². The highest BCUT2D eigenvalue weighted by atomic mass is 32.2. The molecule has 1 aliphatic rings. The monoisotopic (exact) mass is 365 g/mol. The second-order valence-electron chi connectivity index (χ2n) is 5.95. The summed E-state index contributed by atoms with van der Waals surface area (Å²) in [4.78, 5) is 16.3. The van der Waals surface area contributed by atoms with E-state index in [2.05, 4.69) is 9.62 Å². The Kier molecular flexibility index (Phi) is 4.62. The first kappa shape index (κ1) is 16.9. The zero-order valence-corrected chi connectivity index (χ0v) is 15.1. The van der Waals surface area contributed by atoms with E-state index in [-0.39, 0.29) is 10.1 Å². The van der Waals surface area contributed by atoms with Crippen LogP contribution < -0.4 is 4.72 Å². The number of likely N-dealkylation sites (N-methyl/N-ethyl adjacent to an activating group) is 1. The van der Waals surface area contributed by atoms with E-state index in [0.29, 0.717) is 30.4 Å². The SMILES string of the molecule is CN(C)C1CN(C(=O)c2cccc(NS(=O)(=O)c3cccs3)c2)C1. The number of benzene rings is 1. The molecule has 1 aliphatic heterocycles. The lowest BCUT2D eigenvalue weighted by Crippen LogP contribution is -2.59. The molecule has 0 unspecified atom stereocenters. The molecule has 1 aromatic carbocycles. The lowest BCUT2D eigenvalue weighted by atomic mass is 10.1. The van der Waals surface area contributed by atoms with Gasteiger partial charge in [0, 0.05) is 30.4 Å². The smallest absolute Gasteiger partial charge is 0.271 e. The number of nitrogens with one attached hydrogen (secondary N) is 1. The lowest BCUT2D eigenvalue weighted by Gasteiger charge is -2.42. The van der Waals surface area contributed by atoms with Crippen LogP contribution in [0.1, 0.15) is 10.4 Å². The maximum Gasteiger partial charge on any atom is 0.271 e. The number of likely N-dealkylation sites (tertiary alicyclic amines) is 1. The molecule has 8 heteroatoms. The normalized spacial score (nSPS) is 15.4. The second kappa shape index (κ2) is 6.54. The average Bonchev–Trinajstić information content (AvgIpc) is 3.00. The topological polar surface area (TPSA) is 69.7 Å². The second-order valence-corrected chi connectivity index (χ2v) is 8.80. The summed E-state index contributed by atoms with van der Waals surface area (Å²) in [7, 11) is 0.378. The Balaban J connectivity index is 1.72. The van der Waals surface area contributed by atoms with Crippen molar-refractivity contribution in [3.63, 3.8) is 0 Å². The first-order chi connectivity index (χ1) is 11.4. The third kappa shape index (κ3) is 3.45. The van der Waals surface area contributed by atoms with Gasteiger partial charge in [-0.3, -0.25) is 9.52 Å². The van der Waals surface area contributed by atoms with Crippen LogP contribution in [0.5, 0.6) is 0 Å². The highest BCUT2D eigenvalue weighted by Crippen LogP contribution is 2.22. The van der Waals surface area contributed by atoms with Gasteiger partial charge in [-0.2, -0.15) is 0 Å². The summed E-state index contributed by atoms with van der Waals surface area (Å²) in [6, 6.07) is 10.2. The molecule has 0 radical (unpaired) electrons.